The Morgan fingerprint density at radius 2 is 2.06 bits per heavy atom. The van der Waals surface area contributed by atoms with Gasteiger partial charge in [0.25, 0.3) is 0 Å². The van der Waals surface area contributed by atoms with E-state index in [0.717, 1.165) is 37.6 Å². The fraction of sp³-hybridized carbons (Fsp3) is 0.741. The van der Waals surface area contributed by atoms with Crippen molar-refractivity contribution in [3.63, 3.8) is 0 Å². The van der Waals surface area contributed by atoms with E-state index < -0.39 is 16.8 Å². The number of carbonyl (C=O) groups is 1. The first kappa shape index (κ1) is 22.8. The number of nitrogens with zero attached hydrogens (tertiary/aromatic N) is 1. The summed E-state index contributed by atoms with van der Waals surface area (Å²) in [6.07, 6.45) is 5.45. The minimum Gasteiger partial charge on any atom is -0.497 e. The van der Waals surface area contributed by atoms with Crippen molar-refractivity contribution in [1.82, 2.24) is 4.90 Å². The third-order valence-corrected chi connectivity index (χ3v) is 9.30. The number of methoxy groups -OCH3 is 1. The molecule has 7 nitrogen and oxygen atoms in total. The maximum Gasteiger partial charge on any atom is 0.306 e. The highest BCUT2D eigenvalue weighted by Gasteiger charge is 2.71. The van der Waals surface area contributed by atoms with Crippen LogP contribution < -0.4 is 4.74 Å². The lowest BCUT2D eigenvalue weighted by molar-refractivity contribution is -0.287. The number of carbonyl (C=O) groups excluding carboxylic acids is 1. The second-order valence-corrected chi connectivity index (χ2v) is 11.0. The Kier molecular flexibility index (Phi) is 5.48. The lowest BCUT2D eigenvalue weighted by atomic mass is 9.46. The van der Waals surface area contributed by atoms with Crippen LogP contribution in [0.1, 0.15) is 56.6 Å². The second kappa shape index (κ2) is 8.19. The molecule has 1 aromatic carbocycles. The van der Waals surface area contributed by atoms with Crippen molar-refractivity contribution in [3.8, 4) is 5.75 Å². The molecule has 7 heteroatoms. The SMILES string of the molecule is CCOC(=O)C[C@H]1C[C@@]2(O)[C@H]3Cc4ccc(OC)cc4[C@@]2(CCN3CC2CC2)CC12OCCO2. The van der Waals surface area contributed by atoms with Gasteiger partial charge in [0.15, 0.2) is 5.79 Å². The van der Waals surface area contributed by atoms with Crippen LogP contribution in [0.3, 0.4) is 0 Å². The maximum absolute atomic E-state index is 12.8. The number of benzene rings is 1. The van der Waals surface area contributed by atoms with Gasteiger partial charge in [0, 0.05) is 30.3 Å². The zero-order valence-corrected chi connectivity index (χ0v) is 20.4. The fourth-order valence-electron chi connectivity index (χ4n) is 7.58. The van der Waals surface area contributed by atoms with Gasteiger partial charge in [0.2, 0.25) is 0 Å². The van der Waals surface area contributed by atoms with Crippen LogP contribution in [0.15, 0.2) is 18.2 Å². The van der Waals surface area contributed by atoms with E-state index in [4.69, 9.17) is 18.9 Å². The molecule has 4 fully saturated rings. The van der Waals surface area contributed by atoms with Crippen LogP contribution in [0.25, 0.3) is 0 Å². The zero-order valence-electron chi connectivity index (χ0n) is 20.4. The largest absolute Gasteiger partial charge is 0.497 e. The molecule has 6 rings (SSSR count). The number of piperidine rings is 1. The van der Waals surface area contributed by atoms with E-state index in [9.17, 15) is 9.90 Å². The molecule has 1 N–H and O–H groups in total. The molecule has 5 aliphatic rings. The molecule has 0 unspecified atom stereocenters. The van der Waals surface area contributed by atoms with Crippen molar-refractivity contribution >= 4 is 5.97 Å². The average Bonchev–Trinajstić information content (AvgIpc) is 3.52. The molecule has 4 atom stereocenters. The molecule has 2 aliphatic heterocycles. The number of fused-ring (bicyclic) bond motifs is 1. The van der Waals surface area contributed by atoms with Crippen LogP contribution in [0.5, 0.6) is 5.75 Å². The van der Waals surface area contributed by atoms with Crippen molar-refractivity contribution in [1.29, 1.82) is 0 Å². The molecule has 0 amide bonds. The Morgan fingerprint density at radius 1 is 1.26 bits per heavy atom. The molecule has 1 spiro atoms. The van der Waals surface area contributed by atoms with Crippen molar-refractivity contribution in [2.24, 2.45) is 11.8 Å². The van der Waals surface area contributed by atoms with Crippen LogP contribution in [-0.2, 0) is 30.8 Å². The number of ether oxygens (including phenoxy) is 4. The van der Waals surface area contributed by atoms with Gasteiger partial charge in [-0.05, 0) is 74.8 Å². The first-order chi connectivity index (χ1) is 16.4. The van der Waals surface area contributed by atoms with Crippen LogP contribution >= 0.6 is 0 Å². The smallest absolute Gasteiger partial charge is 0.306 e. The fourth-order valence-corrected chi connectivity index (χ4v) is 7.58. The number of hydrogen-bond acceptors (Lipinski definition) is 7. The average molecular weight is 472 g/mol. The molecule has 2 saturated heterocycles. The van der Waals surface area contributed by atoms with E-state index in [1.54, 1.807) is 7.11 Å². The number of likely N-dealkylation sites (tertiary alicyclic amines) is 1. The monoisotopic (exact) mass is 471 g/mol. The van der Waals surface area contributed by atoms with Gasteiger partial charge in [0.1, 0.15) is 5.75 Å². The predicted molar refractivity (Wildman–Crippen MR) is 125 cm³/mol. The van der Waals surface area contributed by atoms with E-state index in [-0.39, 0.29) is 24.3 Å². The summed E-state index contributed by atoms with van der Waals surface area (Å²) in [7, 11) is 1.69. The summed E-state index contributed by atoms with van der Waals surface area (Å²) < 4.78 is 23.6. The van der Waals surface area contributed by atoms with E-state index in [2.05, 4.69) is 17.0 Å². The number of esters is 1. The first-order valence-electron chi connectivity index (χ1n) is 13.0. The summed E-state index contributed by atoms with van der Waals surface area (Å²) in [5.74, 6) is 0.191. The van der Waals surface area contributed by atoms with Gasteiger partial charge < -0.3 is 24.1 Å². The van der Waals surface area contributed by atoms with E-state index >= 15 is 0 Å². The molecule has 186 valence electrons. The van der Waals surface area contributed by atoms with Gasteiger partial charge in [-0.15, -0.1) is 0 Å². The molecule has 2 heterocycles. The summed E-state index contributed by atoms with van der Waals surface area (Å²) in [5, 5.41) is 12.8. The van der Waals surface area contributed by atoms with Crippen molar-refractivity contribution in [3.05, 3.63) is 29.3 Å². The number of rotatable bonds is 6. The van der Waals surface area contributed by atoms with Crippen molar-refractivity contribution in [2.45, 2.75) is 74.7 Å². The predicted octanol–water partition coefficient (Wildman–Crippen LogP) is 2.81. The van der Waals surface area contributed by atoms with E-state index in [0.29, 0.717) is 32.7 Å². The Hall–Kier alpha value is -1.67. The van der Waals surface area contributed by atoms with Gasteiger partial charge in [-0.1, -0.05) is 6.07 Å². The van der Waals surface area contributed by atoms with Crippen molar-refractivity contribution in [2.75, 3.05) is 40.0 Å². The minimum atomic E-state index is -0.975. The number of hydrogen-bond donors (Lipinski definition) is 1. The topological polar surface area (TPSA) is 77.5 Å². The Balaban J connectivity index is 1.46. The van der Waals surface area contributed by atoms with Crippen LogP contribution in [0.4, 0.5) is 0 Å². The molecule has 3 aliphatic carbocycles. The van der Waals surface area contributed by atoms with Crippen molar-refractivity contribution < 1.29 is 28.8 Å². The van der Waals surface area contributed by atoms with Crippen LogP contribution in [-0.4, -0.2) is 73.4 Å². The van der Waals surface area contributed by atoms with Gasteiger partial charge >= 0.3 is 5.97 Å². The molecule has 2 saturated carbocycles. The molecule has 2 bridgehead atoms. The number of aliphatic hydroxyl groups is 1. The van der Waals surface area contributed by atoms with E-state index in [1.807, 2.05) is 13.0 Å². The first-order valence-corrected chi connectivity index (χ1v) is 13.0. The third kappa shape index (κ3) is 3.34. The summed E-state index contributed by atoms with van der Waals surface area (Å²) >= 11 is 0. The van der Waals surface area contributed by atoms with E-state index in [1.165, 1.54) is 24.0 Å². The maximum atomic E-state index is 12.8. The van der Waals surface area contributed by atoms with Gasteiger partial charge in [-0.3, -0.25) is 9.69 Å². The highest BCUT2D eigenvalue weighted by atomic mass is 16.7. The molecule has 34 heavy (non-hydrogen) atoms. The summed E-state index contributed by atoms with van der Waals surface area (Å²) in [6.45, 7) is 5.20. The zero-order chi connectivity index (χ0) is 23.6. The Labute approximate surface area is 201 Å². The third-order valence-electron chi connectivity index (χ3n) is 9.30. The summed E-state index contributed by atoms with van der Waals surface area (Å²) in [4.78, 5) is 15.2. The standard InChI is InChI=1S/C27H37NO6/c1-3-32-24(29)13-20-15-26(30)23-12-19-6-7-21(31-2)14-22(19)25(26,17-27(20)33-10-11-34-27)8-9-28(23)16-18-4-5-18/h6-7,14,18,20,23,30H,3-5,8-13,15-17H2,1-2H3/t20-,23+,25+,26+/m0/s1. The molecule has 0 radical (unpaired) electrons. The normalized spacial score (nSPS) is 36.1. The molecule has 0 aromatic heterocycles. The molecular weight excluding hydrogens is 434 g/mol. The second-order valence-electron chi connectivity index (χ2n) is 11.0. The summed E-state index contributed by atoms with van der Waals surface area (Å²) in [5.41, 5.74) is 0.977. The van der Waals surface area contributed by atoms with Gasteiger partial charge in [-0.25, -0.2) is 0 Å². The molecular formula is C27H37NO6. The minimum absolute atomic E-state index is 0.0196. The summed E-state index contributed by atoms with van der Waals surface area (Å²) in [6, 6.07) is 6.36. The molecule has 1 aromatic rings. The van der Waals surface area contributed by atoms with Crippen LogP contribution in [0.2, 0.25) is 0 Å². The van der Waals surface area contributed by atoms with Crippen LogP contribution in [0, 0.1) is 11.8 Å². The van der Waals surface area contributed by atoms with Gasteiger partial charge in [0.05, 0.1) is 39.0 Å². The lowest BCUT2D eigenvalue weighted by Gasteiger charge is -2.67. The van der Waals surface area contributed by atoms with Gasteiger partial charge in [-0.2, -0.15) is 0 Å². The Morgan fingerprint density at radius 3 is 2.76 bits per heavy atom. The Bertz CT molecular complexity index is 956. The lowest BCUT2D eigenvalue weighted by Crippen LogP contribution is -2.76. The highest BCUT2D eigenvalue weighted by molar-refractivity contribution is 5.70. The highest BCUT2D eigenvalue weighted by Crippen LogP contribution is 2.63. The quantitative estimate of drug-likeness (QED) is 0.640.